The third-order valence-corrected chi connectivity index (χ3v) is 7.58. The topological polar surface area (TPSA) is 140 Å². The van der Waals surface area contributed by atoms with Gasteiger partial charge in [0.05, 0.1) is 11.8 Å². The molecule has 1 fully saturated rings. The van der Waals surface area contributed by atoms with Crippen LogP contribution in [0.1, 0.15) is 27.2 Å². The summed E-state index contributed by atoms with van der Waals surface area (Å²) in [5.41, 5.74) is 11.5. The molecule has 0 amide bonds. The zero-order chi connectivity index (χ0) is 28.3. The van der Waals surface area contributed by atoms with Crippen LogP contribution in [0, 0.1) is 0 Å². The first-order valence-corrected chi connectivity index (χ1v) is 13.8. The highest BCUT2D eigenvalue weighted by Gasteiger charge is 2.27. The van der Waals surface area contributed by atoms with Crippen molar-refractivity contribution >= 4 is 29.3 Å². The first-order chi connectivity index (χ1) is 19.9. The summed E-state index contributed by atoms with van der Waals surface area (Å²) in [4.78, 5) is 24.8. The van der Waals surface area contributed by atoms with E-state index in [2.05, 4.69) is 37.1 Å². The Balaban J connectivity index is 1.09. The van der Waals surface area contributed by atoms with Crippen molar-refractivity contribution in [2.45, 2.75) is 19.4 Å². The van der Waals surface area contributed by atoms with E-state index >= 15 is 0 Å². The number of carboxylic acid groups (broad SMARTS) is 1. The molecule has 3 heterocycles. The average Bonchev–Trinajstić information content (AvgIpc) is 3.46. The molecule has 212 valence electrons. The summed E-state index contributed by atoms with van der Waals surface area (Å²) in [6.07, 6.45) is 1.69. The van der Waals surface area contributed by atoms with Gasteiger partial charge in [-0.3, -0.25) is 4.90 Å². The standard InChI is InChI=1S/C29H29ClN6O5/c30-20-4-1-18(2-5-20)17-40-21-6-8-22-19(15-21)3-7-23-26(22)32-29(31)33-27(23)36-11-9-35(10-12-36)13-14-39-25-16-24(28(37)38)41-34-25/h1-2,4-6,8,15-16H,3,7,9-14,17H2,(H,37,38)(H2,31,32,33). The Hall–Kier alpha value is -4.35. The lowest BCUT2D eigenvalue weighted by atomic mass is 9.88. The second-order valence-corrected chi connectivity index (χ2v) is 10.4. The molecule has 0 spiro atoms. The summed E-state index contributed by atoms with van der Waals surface area (Å²) in [7, 11) is 0. The molecular formula is C29H29ClN6O5. The van der Waals surface area contributed by atoms with Crippen molar-refractivity contribution in [2.75, 3.05) is 50.0 Å². The SMILES string of the molecule is Nc1nc2c(c(N3CCN(CCOc4cc(C(=O)O)on4)CC3)n1)CCc1cc(OCc3ccc(Cl)cc3)ccc1-2. The van der Waals surface area contributed by atoms with Crippen molar-refractivity contribution in [3.05, 3.63) is 76.0 Å². The highest BCUT2D eigenvalue weighted by atomic mass is 35.5. The van der Waals surface area contributed by atoms with Crippen LogP contribution >= 0.6 is 11.6 Å². The van der Waals surface area contributed by atoms with Crippen LogP contribution in [-0.2, 0) is 19.4 Å². The predicted molar refractivity (Wildman–Crippen MR) is 153 cm³/mol. The molecule has 3 N–H and O–H groups in total. The second kappa shape index (κ2) is 11.6. The van der Waals surface area contributed by atoms with E-state index in [4.69, 9.17) is 36.4 Å². The van der Waals surface area contributed by atoms with Crippen molar-refractivity contribution in [3.63, 3.8) is 0 Å². The molecule has 1 saturated heterocycles. The van der Waals surface area contributed by atoms with Gasteiger partial charge in [0, 0.05) is 48.9 Å². The van der Waals surface area contributed by atoms with E-state index in [0.717, 1.165) is 73.0 Å². The minimum absolute atomic E-state index is 0.171. The van der Waals surface area contributed by atoms with E-state index in [1.165, 1.54) is 11.6 Å². The predicted octanol–water partition coefficient (Wildman–Crippen LogP) is 3.94. The molecule has 41 heavy (non-hydrogen) atoms. The maximum Gasteiger partial charge on any atom is 0.374 e. The number of fused-ring (bicyclic) bond motifs is 3. The highest BCUT2D eigenvalue weighted by Crippen LogP contribution is 2.38. The number of nitrogen functional groups attached to an aromatic ring is 1. The number of rotatable bonds is 9. The van der Waals surface area contributed by atoms with E-state index in [9.17, 15) is 4.79 Å². The van der Waals surface area contributed by atoms with E-state index in [1.54, 1.807) is 0 Å². The van der Waals surface area contributed by atoms with E-state index < -0.39 is 5.97 Å². The third kappa shape index (κ3) is 6.06. The summed E-state index contributed by atoms with van der Waals surface area (Å²) >= 11 is 5.99. The lowest BCUT2D eigenvalue weighted by Gasteiger charge is -2.37. The fraction of sp³-hybridized carbons (Fsp3) is 0.310. The summed E-state index contributed by atoms with van der Waals surface area (Å²) in [5.74, 6) is 0.731. The van der Waals surface area contributed by atoms with Crippen LogP contribution in [0.4, 0.5) is 11.8 Å². The molecule has 4 aromatic rings. The van der Waals surface area contributed by atoms with E-state index in [0.29, 0.717) is 24.8 Å². The zero-order valence-electron chi connectivity index (χ0n) is 22.3. The largest absolute Gasteiger partial charge is 0.489 e. The van der Waals surface area contributed by atoms with Gasteiger partial charge < -0.3 is 29.7 Å². The Morgan fingerprint density at radius 3 is 2.59 bits per heavy atom. The van der Waals surface area contributed by atoms with Crippen LogP contribution in [0.2, 0.25) is 5.02 Å². The number of hydrogen-bond donors (Lipinski definition) is 2. The normalized spacial score (nSPS) is 14.8. The Bertz CT molecular complexity index is 1550. The number of carboxylic acids is 1. The molecular weight excluding hydrogens is 548 g/mol. The monoisotopic (exact) mass is 576 g/mol. The van der Waals surface area contributed by atoms with Gasteiger partial charge in [0.2, 0.25) is 11.7 Å². The van der Waals surface area contributed by atoms with Crippen molar-refractivity contribution < 1.29 is 23.9 Å². The van der Waals surface area contributed by atoms with Crippen LogP contribution in [0.5, 0.6) is 11.6 Å². The molecule has 12 heteroatoms. The lowest BCUT2D eigenvalue weighted by molar-refractivity contribution is 0.0651. The minimum Gasteiger partial charge on any atom is -0.489 e. The maximum absolute atomic E-state index is 10.9. The Labute approximate surface area is 241 Å². The summed E-state index contributed by atoms with van der Waals surface area (Å²) in [6.45, 7) is 4.77. The van der Waals surface area contributed by atoms with Crippen LogP contribution in [0.25, 0.3) is 11.3 Å². The Morgan fingerprint density at radius 2 is 1.83 bits per heavy atom. The number of nitrogens with zero attached hydrogens (tertiary/aromatic N) is 5. The van der Waals surface area contributed by atoms with Gasteiger partial charge in [-0.05, 0) is 59.5 Å². The maximum atomic E-state index is 10.9. The van der Waals surface area contributed by atoms with Crippen molar-refractivity contribution in [1.82, 2.24) is 20.0 Å². The number of benzene rings is 2. The summed E-state index contributed by atoms with van der Waals surface area (Å²) in [6, 6.07) is 15.0. The molecule has 0 saturated carbocycles. The van der Waals surface area contributed by atoms with Crippen molar-refractivity contribution in [2.24, 2.45) is 0 Å². The lowest BCUT2D eigenvalue weighted by Crippen LogP contribution is -2.48. The number of carbonyl (C=O) groups is 1. The molecule has 2 aromatic heterocycles. The van der Waals surface area contributed by atoms with Crippen molar-refractivity contribution in [1.29, 1.82) is 0 Å². The van der Waals surface area contributed by atoms with Gasteiger partial charge in [-0.1, -0.05) is 23.7 Å². The molecule has 6 rings (SSSR count). The highest BCUT2D eigenvalue weighted by molar-refractivity contribution is 6.30. The molecule has 1 aliphatic heterocycles. The molecule has 1 aliphatic carbocycles. The van der Waals surface area contributed by atoms with Gasteiger partial charge >= 0.3 is 5.97 Å². The molecule has 2 aliphatic rings. The zero-order valence-corrected chi connectivity index (χ0v) is 23.0. The summed E-state index contributed by atoms with van der Waals surface area (Å²) in [5, 5.41) is 13.3. The molecule has 0 atom stereocenters. The number of hydrogen-bond acceptors (Lipinski definition) is 10. The first-order valence-electron chi connectivity index (χ1n) is 13.4. The fourth-order valence-corrected chi connectivity index (χ4v) is 5.32. The second-order valence-electron chi connectivity index (χ2n) is 9.98. The van der Waals surface area contributed by atoms with Crippen LogP contribution in [0.15, 0.2) is 53.1 Å². The molecule has 0 bridgehead atoms. The van der Waals surface area contributed by atoms with Crippen molar-refractivity contribution in [3.8, 4) is 22.9 Å². The van der Waals surface area contributed by atoms with Gasteiger partial charge in [0.1, 0.15) is 24.8 Å². The average molecular weight is 577 g/mol. The number of nitrogens with two attached hydrogens (primary N) is 1. The molecule has 2 aromatic carbocycles. The van der Waals surface area contributed by atoms with Crippen LogP contribution < -0.4 is 20.1 Å². The Kier molecular flexibility index (Phi) is 7.62. The number of aromatic nitrogens is 3. The third-order valence-electron chi connectivity index (χ3n) is 7.33. The number of aromatic carboxylic acids is 1. The number of piperazine rings is 1. The fourth-order valence-electron chi connectivity index (χ4n) is 5.20. The van der Waals surface area contributed by atoms with Gasteiger partial charge in [-0.25, -0.2) is 9.78 Å². The van der Waals surface area contributed by atoms with Crippen LogP contribution in [0.3, 0.4) is 0 Å². The number of halogens is 1. The quantitative estimate of drug-likeness (QED) is 0.299. The van der Waals surface area contributed by atoms with Gasteiger partial charge in [0.25, 0.3) is 5.88 Å². The molecule has 0 radical (unpaired) electrons. The van der Waals surface area contributed by atoms with Gasteiger partial charge in [0.15, 0.2) is 0 Å². The molecule has 0 unspecified atom stereocenters. The molecule has 11 nitrogen and oxygen atoms in total. The first kappa shape index (κ1) is 26.9. The Morgan fingerprint density at radius 1 is 1.02 bits per heavy atom. The smallest absolute Gasteiger partial charge is 0.374 e. The van der Waals surface area contributed by atoms with Gasteiger partial charge in [-0.15, -0.1) is 0 Å². The van der Waals surface area contributed by atoms with E-state index in [1.807, 2.05) is 30.3 Å². The van der Waals surface area contributed by atoms with Crippen LogP contribution in [-0.4, -0.2) is 70.4 Å². The number of anilines is 2. The number of aryl methyl sites for hydroxylation is 1. The van der Waals surface area contributed by atoms with Gasteiger partial charge in [-0.2, -0.15) is 4.98 Å². The minimum atomic E-state index is -1.18. The number of ether oxygens (including phenoxy) is 2. The summed E-state index contributed by atoms with van der Waals surface area (Å²) < 4.78 is 16.3. The van der Waals surface area contributed by atoms with E-state index in [-0.39, 0.29) is 17.6 Å².